The second-order valence-electron chi connectivity index (χ2n) is 12.5. The average molecular weight is 617 g/mol. The van der Waals surface area contributed by atoms with Crippen LogP contribution in [0.2, 0.25) is 0 Å². The van der Waals surface area contributed by atoms with Crippen LogP contribution in [0.1, 0.15) is 0 Å². The van der Waals surface area contributed by atoms with E-state index in [1.807, 2.05) is 23.5 Å². The van der Waals surface area contributed by atoms with Gasteiger partial charge in [-0.05, 0) is 71.0 Å². The quantitative estimate of drug-likeness (QED) is 0.180. The summed E-state index contributed by atoms with van der Waals surface area (Å²) in [4.78, 5) is 4.94. The molecule has 2 aliphatic rings. The van der Waals surface area contributed by atoms with Crippen LogP contribution in [0.15, 0.2) is 156 Å². The van der Waals surface area contributed by atoms with Crippen molar-refractivity contribution in [1.82, 2.24) is 0 Å². The highest BCUT2D eigenvalue weighted by atomic mass is 32.1. The van der Waals surface area contributed by atoms with E-state index in [1.165, 1.54) is 65.0 Å². The van der Waals surface area contributed by atoms with Gasteiger partial charge in [0.15, 0.2) is 0 Å². The fourth-order valence-corrected chi connectivity index (χ4v) is 9.34. The molecule has 0 spiro atoms. The first-order valence-corrected chi connectivity index (χ1v) is 16.9. The first-order chi connectivity index (χ1) is 23.3. The molecule has 0 bridgehead atoms. The number of fused-ring (bicyclic) bond motifs is 10. The van der Waals surface area contributed by atoms with Gasteiger partial charge in [-0.1, -0.05) is 91.0 Å². The van der Waals surface area contributed by atoms with Gasteiger partial charge in [0, 0.05) is 60.7 Å². The maximum atomic E-state index is 6.39. The summed E-state index contributed by atoms with van der Waals surface area (Å²) in [6, 6.07) is 55.2. The zero-order chi connectivity index (χ0) is 30.6. The molecule has 9 aromatic rings. The Hall–Kier alpha value is -5.78. The Bertz CT molecular complexity index is 2740. The summed E-state index contributed by atoms with van der Waals surface area (Å²) in [5.41, 5.74) is 12.9. The topological polar surface area (TPSA) is 19.6 Å². The van der Waals surface area contributed by atoms with Crippen molar-refractivity contribution in [2.45, 2.75) is 0 Å². The summed E-state index contributed by atoms with van der Waals surface area (Å²) >= 11 is 1.88. The lowest BCUT2D eigenvalue weighted by Crippen LogP contribution is -2.61. The third-order valence-corrected chi connectivity index (χ3v) is 11.3. The molecule has 0 saturated heterocycles. The third kappa shape index (κ3) is 3.41. The lowest BCUT2D eigenvalue weighted by atomic mass is 9.33. The smallest absolute Gasteiger partial charge is 0.252 e. The van der Waals surface area contributed by atoms with E-state index in [2.05, 4.69) is 149 Å². The highest BCUT2D eigenvalue weighted by Crippen LogP contribution is 2.48. The first kappa shape index (κ1) is 25.4. The van der Waals surface area contributed by atoms with Gasteiger partial charge in [-0.3, -0.25) is 0 Å². The maximum absolute atomic E-state index is 6.39. The molecule has 0 fully saturated rings. The Labute approximate surface area is 275 Å². The van der Waals surface area contributed by atoms with Gasteiger partial charge in [0.1, 0.15) is 11.2 Å². The number of thiophene rings is 1. The van der Waals surface area contributed by atoms with Crippen LogP contribution in [-0.4, -0.2) is 6.71 Å². The highest BCUT2D eigenvalue weighted by Gasteiger charge is 2.43. The van der Waals surface area contributed by atoms with Gasteiger partial charge in [0.25, 0.3) is 6.71 Å². The molecule has 2 aromatic heterocycles. The van der Waals surface area contributed by atoms with Crippen molar-refractivity contribution < 1.29 is 4.42 Å². The van der Waals surface area contributed by atoms with E-state index in [1.54, 1.807) is 0 Å². The summed E-state index contributed by atoms with van der Waals surface area (Å²) in [6.45, 7) is 0.109. The van der Waals surface area contributed by atoms with Crippen molar-refractivity contribution in [3.63, 3.8) is 0 Å². The number of para-hydroxylation sites is 3. The summed E-state index contributed by atoms with van der Waals surface area (Å²) in [7, 11) is 0. The molecule has 7 aromatic carbocycles. The van der Waals surface area contributed by atoms with Gasteiger partial charge >= 0.3 is 0 Å². The Morgan fingerprint density at radius 1 is 0.447 bits per heavy atom. The monoisotopic (exact) mass is 616 g/mol. The molecule has 0 N–H and O–H groups in total. The lowest BCUT2D eigenvalue weighted by molar-refractivity contribution is 0.669. The lowest BCUT2D eigenvalue weighted by Gasteiger charge is -2.44. The van der Waals surface area contributed by atoms with Crippen molar-refractivity contribution in [2.24, 2.45) is 0 Å². The van der Waals surface area contributed by atoms with Crippen molar-refractivity contribution in [2.75, 3.05) is 9.80 Å². The number of benzene rings is 7. The van der Waals surface area contributed by atoms with E-state index in [0.29, 0.717) is 0 Å². The minimum absolute atomic E-state index is 0.109. The molecule has 2 aliphatic heterocycles. The van der Waals surface area contributed by atoms with Gasteiger partial charge in [-0.25, -0.2) is 0 Å². The Kier molecular flexibility index (Phi) is 5.07. The van der Waals surface area contributed by atoms with E-state index in [4.69, 9.17) is 4.42 Å². The summed E-state index contributed by atoms with van der Waals surface area (Å²) < 4.78 is 9.01. The molecule has 47 heavy (non-hydrogen) atoms. The van der Waals surface area contributed by atoms with Gasteiger partial charge in [-0.15, -0.1) is 11.3 Å². The summed E-state index contributed by atoms with van der Waals surface area (Å²) in [5.74, 6) is 0. The van der Waals surface area contributed by atoms with Gasteiger partial charge in [0.2, 0.25) is 0 Å². The maximum Gasteiger partial charge on any atom is 0.252 e. The fourth-order valence-electron chi connectivity index (χ4n) is 8.14. The summed E-state index contributed by atoms with van der Waals surface area (Å²) in [6.07, 6.45) is 0. The third-order valence-electron chi connectivity index (χ3n) is 10.1. The number of anilines is 6. The van der Waals surface area contributed by atoms with Crippen LogP contribution in [0, 0.1) is 0 Å². The molecular weight excluding hydrogens is 591 g/mol. The van der Waals surface area contributed by atoms with Gasteiger partial charge in [0.05, 0.1) is 10.4 Å². The van der Waals surface area contributed by atoms with Crippen LogP contribution in [-0.2, 0) is 0 Å². The Morgan fingerprint density at radius 3 is 1.89 bits per heavy atom. The normalized spacial score (nSPS) is 13.4. The molecule has 0 radical (unpaired) electrons. The second-order valence-corrected chi connectivity index (χ2v) is 13.5. The van der Waals surface area contributed by atoms with Crippen molar-refractivity contribution in [3.8, 4) is 0 Å². The molecular formula is C42H25BN2OS. The predicted molar refractivity (Wildman–Crippen MR) is 201 cm³/mol. The number of rotatable bonds is 2. The number of nitrogens with zero attached hydrogens (tertiary/aromatic N) is 2. The van der Waals surface area contributed by atoms with E-state index < -0.39 is 0 Å². The standard InChI is InChI=1S/C42H25BN2OS/c1-7-21-38-27(11-1)28-24-23-26(25-39(28)46-38)44-33-16-5-3-14-31(33)43-32-15-4-6-17-34(32)45(36-19-10-18-35(44)41(36)43)37-20-9-13-30-29-12-2-8-22-40(29)47-42(30)37/h1-25H. The van der Waals surface area contributed by atoms with E-state index >= 15 is 0 Å². The molecule has 5 heteroatoms. The summed E-state index contributed by atoms with van der Waals surface area (Å²) in [5, 5.41) is 4.90. The SMILES string of the molecule is c1ccc2c(c1)B1c3ccccc3N(c3cccc4c3sc3ccccc34)c3cccc(c31)N2c1ccc2c(c1)oc1ccccc12. The first-order valence-electron chi connectivity index (χ1n) is 16.1. The molecule has 0 saturated carbocycles. The minimum atomic E-state index is 0.109. The minimum Gasteiger partial charge on any atom is -0.456 e. The molecule has 4 heterocycles. The molecule has 11 rings (SSSR count). The van der Waals surface area contributed by atoms with Crippen LogP contribution in [0.25, 0.3) is 42.1 Å². The van der Waals surface area contributed by atoms with Gasteiger partial charge in [-0.2, -0.15) is 0 Å². The number of hydrogen-bond donors (Lipinski definition) is 0. The number of hydrogen-bond acceptors (Lipinski definition) is 4. The molecule has 0 atom stereocenters. The molecule has 3 nitrogen and oxygen atoms in total. The van der Waals surface area contributed by atoms with Crippen LogP contribution in [0.5, 0.6) is 0 Å². The largest absolute Gasteiger partial charge is 0.456 e. The molecule has 0 amide bonds. The van der Waals surface area contributed by atoms with Crippen LogP contribution < -0.4 is 26.2 Å². The van der Waals surface area contributed by atoms with Crippen molar-refractivity contribution >= 4 is 111 Å². The Balaban J connectivity index is 1.20. The second kappa shape index (κ2) is 9.38. The average Bonchev–Trinajstić information content (AvgIpc) is 3.70. The Morgan fingerprint density at radius 2 is 1.04 bits per heavy atom. The number of furan rings is 1. The molecule has 0 aliphatic carbocycles. The van der Waals surface area contributed by atoms with E-state index in [9.17, 15) is 0 Å². The van der Waals surface area contributed by atoms with Gasteiger partial charge < -0.3 is 14.2 Å². The van der Waals surface area contributed by atoms with Crippen LogP contribution >= 0.6 is 11.3 Å². The van der Waals surface area contributed by atoms with Crippen LogP contribution in [0.3, 0.4) is 0 Å². The van der Waals surface area contributed by atoms with Crippen molar-refractivity contribution in [3.05, 3.63) is 152 Å². The highest BCUT2D eigenvalue weighted by molar-refractivity contribution is 7.26. The van der Waals surface area contributed by atoms with E-state index in [0.717, 1.165) is 27.6 Å². The van der Waals surface area contributed by atoms with Crippen LogP contribution in [0.4, 0.5) is 34.1 Å². The van der Waals surface area contributed by atoms with E-state index in [-0.39, 0.29) is 6.71 Å². The van der Waals surface area contributed by atoms with Crippen molar-refractivity contribution in [1.29, 1.82) is 0 Å². The zero-order valence-electron chi connectivity index (χ0n) is 25.2. The molecule has 218 valence electrons. The zero-order valence-corrected chi connectivity index (χ0v) is 26.0. The predicted octanol–water partition coefficient (Wildman–Crippen LogP) is 10.0. The molecule has 0 unspecified atom stereocenters. The fraction of sp³-hybridized carbons (Fsp3) is 0.